The summed E-state index contributed by atoms with van der Waals surface area (Å²) < 4.78 is 10.4. The molecule has 0 spiro atoms. The van der Waals surface area contributed by atoms with Crippen molar-refractivity contribution in [3.05, 3.63) is 51.9 Å². The predicted molar refractivity (Wildman–Crippen MR) is 96.9 cm³/mol. The van der Waals surface area contributed by atoms with Crippen LogP contribution in [-0.4, -0.2) is 19.6 Å². The molecule has 1 heterocycles. The van der Waals surface area contributed by atoms with Crippen LogP contribution < -0.4 is 15.7 Å². The maximum atomic E-state index is 12.2. The van der Waals surface area contributed by atoms with E-state index in [1.54, 1.807) is 19.2 Å². The van der Waals surface area contributed by atoms with Crippen molar-refractivity contribution in [2.45, 2.75) is 38.5 Å². The second-order valence-electron chi connectivity index (χ2n) is 6.34. The zero-order valence-electron chi connectivity index (χ0n) is 14.5. The van der Waals surface area contributed by atoms with Gasteiger partial charge in [-0.15, -0.1) is 0 Å². The van der Waals surface area contributed by atoms with Crippen LogP contribution in [0.15, 0.2) is 45.1 Å². The summed E-state index contributed by atoms with van der Waals surface area (Å²) in [5.74, 6) is 0.525. The molecule has 0 fully saturated rings. The van der Waals surface area contributed by atoms with Gasteiger partial charge in [-0.3, -0.25) is 4.79 Å². The van der Waals surface area contributed by atoms with Crippen molar-refractivity contribution < 1.29 is 13.9 Å². The number of hydrogen-bond acceptors (Lipinski definition) is 4. The Hall–Kier alpha value is -2.56. The molecule has 1 amide bonds. The number of carbonyl (C=O) groups is 1. The van der Waals surface area contributed by atoms with E-state index in [4.69, 9.17) is 9.15 Å². The predicted octanol–water partition coefficient (Wildman–Crippen LogP) is 3.35. The molecule has 25 heavy (non-hydrogen) atoms. The van der Waals surface area contributed by atoms with Crippen LogP contribution in [0, 0.1) is 0 Å². The molecule has 1 aliphatic carbocycles. The third kappa shape index (κ3) is 4.50. The summed E-state index contributed by atoms with van der Waals surface area (Å²) in [6.07, 6.45) is 8.16. The number of allylic oxidation sites excluding steroid dienone is 1. The third-order valence-electron chi connectivity index (χ3n) is 4.54. The summed E-state index contributed by atoms with van der Waals surface area (Å²) in [6, 6.07) is 6.65. The molecule has 3 rings (SSSR count). The summed E-state index contributed by atoms with van der Waals surface area (Å²) >= 11 is 0. The zero-order chi connectivity index (χ0) is 17.6. The number of hydrogen-bond donors (Lipinski definition) is 1. The molecule has 0 saturated carbocycles. The number of fused-ring (bicyclic) bond motifs is 1. The Kier molecular flexibility index (Phi) is 5.53. The fourth-order valence-corrected chi connectivity index (χ4v) is 3.21. The molecule has 0 unspecified atom stereocenters. The van der Waals surface area contributed by atoms with Gasteiger partial charge in [0.1, 0.15) is 11.3 Å². The summed E-state index contributed by atoms with van der Waals surface area (Å²) in [5, 5.41) is 3.70. The normalized spacial score (nSPS) is 14.2. The maximum absolute atomic E-state index is 12.2. The van der Waals surface area contributed by atoms with Crippen molar-refractivity contribution in [2.75, 3.05) is 13.7 Å². The summed E-state index contributed by atoms with van der Waals surface area (Å²) in [5.41, 5.74) is 2.07. The van der Waals surface area contributed by atoms with Crippen LogP contribution >= 0.6 is 0 Å². The van der Waals surface area contributed by atoms with Gasteiger partial charge in [0.25, 0.3) is 0 Å². The van der Waals surface area contributed by atoms with Gasteiger partial charge < -0.3 is 14.5 Å². The van der Waals surface area contributed by atoms with Crippen LogP contribution in [0.1, 0.15) is 37.7 Å². The Morgan fingerprint density at radius 1 is 1.28 bits per heavy atom. The minimum atomic E-state index is -0.462. The van der Waals surface area contributed by atoms with E-state index < -0.39 is 5.63 Å². The van der Waals surface area contributed by atoms with Gasteiger partial charge >= 0.3 is 5.63 Å². The summed E-state index contributed by atoms with van der Waals surface area (Å²) in [4.78, 5) is 24.0. The van der Waals surface area contributed by atoms with E-state index in [1.165, 1.54) is 24.5 Å². The molecule has 0 radical (unpaired) electrons. The van der Waals surface area contributed by atoms with Crippen LogP contribution in [0.5, 0.6) is 5.75 Å². The van der Waals surface area contributed by atoms with Crippen LogP contribution in [0.25, 0.3) is 11.0 Å². The minimum absolute atomic E-state index is 0.0841. The second-order valence-corrected chi connectivity index (χ2v) is 6.34. The fourth-order valence-electron chi connectivity index (χ4n) is 3.21. The highest BCUT2D eigenvalue weighted by atomic mass is 16.5. The first-order valence-electron chi connectivity index (χ1n) is 8.71. The first kappa shape index (κ1) is 17.3. The average Bonchev–Trinajstić information content (AvgIpc) is 2.62. The smallest absolute Gasteiger partial charge is 0.336 e. The summed E-state index contributed by atoms with van der Waals surface area (Å²) in [6.45, 7) is 0.637. The van der Waals surface area contributed by atoms with Gasteiger partial charge in [0.15, 0.2) is 0 Å². The van der Waals surface area contributed by atoms with Crippen LogP contribution in [-0.2, 0) is 11.2 Å². The van der Waals surface area contributed by atoms with Crippen molar-refractivity contribution in [2.24, 2.45) is 0 Å². The molecule has 1 aliphatic rings. The van der Waals surface area contributed by atoms with Gasteiger partial charge in [-0.25, -0.2) is 4.79 Å². The topological polar surface area (TPSA) is 68.5 Å². The largest absolute Gasteiger partial charge is 0.497 e. The van der Waals surface area contributed by atoms with Crippen LogP contribution in [0.3, 0.4) is 0 Å². The van der Waals surface area contributed by atoms with Crippen molar-refractivity contribution in [1.29, 1.82) is 0 Å². The molecular weight excluding hydrogens is 318 g/mol. The number of ether oxygens (including phenoxy) is 1. The number of amides is 1. The lowest BCUT2D eigenvalue weighted by atomic mass is 9.97. The number of nitrogens with one attached hydrogen (secondary N) is 1. The Bertz CT molecular complexity index is 850. The fraction of sp³-hybridized carbons (Fsp3) is 0.400. The molecule has 1 N–H and O–H groups in total. The quantitative estimate of drug-likeness (QED) is 0.646. The number of rotatable bonds is 6. The highest BCUT2D eigenvalue weighted by Gasteiger charge is 2.11. The Balaban J connectivity index is 1.66. The van der Waals surface area contributed by atoms with Crippen LogP contribution in [0.4, 0.5) is 0 Å². The van der Waals surface area contributed by atoms with E-state index in [0.29, 0.717) is 23.4 Å². The lowest BCUT2D eigenvalue weighted by Gasteiger charge is -2.13. The average molecular weight is 341 g/mol. The molecule has 132 valence electrons. The monoisotopic (exact) mass is 341 g/mol. The molecule has 0 saturated heterocycles. The number of benzene rings is 1. The molecule has 5 heteroatoms. The van der Waals surface area contributed by atoms with Crippen molar-refractivity contribution in [3.63, 3.8) is 0 Å². The molecular formula is C20H23NO4. The third-order valence-corrected chi connectivity index (χ3v) is 4.54. The van der Waals surface area contributed by atoms with E-state index >= 15 is 0 Å². The SMILES string of the molecule is COc1ccc2c(CC(=O)NCCC3=CCCCC3)cc(=O)oc2c1. The van der Waals surface area contributed by atoms with Gasteiger partial charge in [0.2, 0.25) is 5.91 Å². The Morgan fingerprint density at radius 3 is 2.92 bits per heavy atom. The highest BCUT2D eigenvalue weighted by Crippen LogP contribution is 2.23. The molecule has 0 atom stereocenters. The number of methoxy groups -OCH3 is 1. The maximum Gasteiger partial charge on any atom is 0.336 e. The van der Waals surface area contributed by atoms with Crippen LogP contribution in [0.2, 0.25) is 0 Å². The Labute approximate surface area is 146 Å². The molecule has 2 aromatic rings. The Morgan fingerprint density at radius 2 is 2.16 bits per heavy atom. The van der Waals surface area contributed by atoms with Gasteiger partial charge in [0, 0.05) is 24.1 Å². The van der Waals surface area contributed by atoms with Crippen molar-refractivity contribution >= 4 is 16.9 Å². The van der Waals surface area contributed by atoms with Gasteiger partial charge in [-0.05, 0) is 49.8 Å². The standard InChI is InChI=1S/C20H23NO4/c1-24-16-7-8-17-15(12-20(23)25-18(17)13-16)11-19(22)21-10-9-14-5-3-2-4-6-14/h5,7-8,12-13H,2-4,6,9-11H2,1H3,(H,21,22). The molecule has 1 aromatic heterocycles. The molecule has 1 aromatic carbocycles. The van der Waals surface area contributed by atoms with Gasteiger partial charge in [0.05, 0.1) is 13.5 Å². The first-order chi connectivity index (χ1) is 12.2. The molecule has 5 nitrogen and oxygen atoms in total. The summed E-state index contributed by atoms with van der Waals surface area (Å²) in [7, 11) is 1.55. The molecule has 0 aliphatic heterocycles. The highest BCUT2D eigenvalue weighted by molar-refractivity contribution is 5.87. The lowest BCUT2D eigenvalue weighted by Crippen LogP contribution is -2.27. The van der Waals surface area contributed by atoms with Crippen molar-refractivity contribution in [1.82, 2.24) is 5.32 Å². The van der Waals surface area contributed by atoms with E-state index in [2.05, 4.69) is 11.4 Å². The van der Waals surface area contributed by atoms with Crippen molar-refractivity contribution in [3.8, 4) is 5.75 Å². The van der Waals surface area contributed by atoms with E-state index in [1.807, 2.05) is 6.07 Å². The lowest BCUT2D eigenvalue weighted by molar-refractivity contribution is -0.120. The van der Waals surface area contributed by atoms with E-state index in [-0.39, 0.29) is 12.3 Å². The second kappa shape index (κ2) is 8.01. The van der Waals surface area contributed by atoms with E-state index in [0.717, 1.165) is 24.6 Å². The van der Waals surface area contributed by atoms with Gasteiger partial charge in [-0.2, -0.15) is 0 Å². The molecule has 0 bridgehead atoms. The van der Waals surface area contributed by atoms with Gasteiger partial charge in [-0.1, -0.05) is 11.6 Å². The number of carbonyl (C=O) groups excluding carboxylic acids is 1. The van der Waals surface area contributed by atoms with E-state index in [9.17, 15) is 9.59 Å². The first-order valence-corrected chi connectivity index (χ1v) is 8.71. The zero-order valence-corrected chi connectivity index (χ0v) is 14.5. The minimum Gasteiger partial charge on any atom is -0.497 e.